The van der Waals surface area contributed by atoms with Gasteiger partial charge in [0, 0.05) is 21.1 Å². The molecule has 0 bridgehead atoms. The number of urea groups is 1. The zero-order chi connectivity index (χ0) is 23.4. The third-order valence-corrected chi connectivity index (χ3v) is 5.21. The van der Waals surface area contributed by atoms with Crippen LogP contribution >= 0.6 is 15.9 Å². The predicted molar refractivity (Wildman–Crippen MR) is 125 cm³/mol. The highest BCUT2D eigenvalue weighted by Crippen LogP contribution is 2.26. The van der Waals surface area contributed by atoms with Crippen molar-refractivity contribution in [2.45, 2.75) is 6.61 Å². The lowest BCUT2D eigenvalue weighted by molar-refractivity contribution is 0.0600. The molecule has 1 heterocycles. The first-order valence-corrected chi connectivity index (χ1v) is 10.5. The number of H-pyrrole nitrogens is 1. The van der Waals surface area contributed by atoms with Crippen molar-refractivity contribution in [3.8, 4) is 5.75 Å². The van der Waals surface area contributed by atoms with Crippen LogP contribution in [0.25, 0.3) is 10.9 Å². The predicted octanol–water partition coefficient (Wildman–Crippen LogP) is 5.47. The van der Waals surface area contributed by atoms with Crippen molar-refractivity contribution >= 4 is 50.3 Å². The van der Waals surface area contributed by atoms with E-state index in [0.717, 1.165) is 0 Å². The van der Waals surface area contributed by atoms with E-state index < -0.39 is 12.0 Å². The number of aromatic amines is 1. The fraction of sp³-hybridized carbons (Fsp3) is 0.0870. The standard InChI is InChI=1S/C23H18BrFN4O4/c1-32-22(30)13-3-2-4-16(9-13)26-23(31)27-21-18-11-17(7-8-20(18)28-29-21)33-12-14-5-6-15(24)10-19(14)25/h2-11H,12H2,1H3,(H3,26,27,28,29,31). The number of carbonyl (C=O) groups excluding carboxylic acids is 2. The molecule has 3 aromatic carbocycles. The van der Waals surface area contributed by atoms with Gasteiger partial charge in [-0.2, -0.15) is 5.10 Å². The van der Waals surface area contributed by atoms with E-state index in [0.29, 0.717) is 37.9 Å². The van der Waals surface area contributed by atoms with Crippen LogP contribution in [0.5, 0.6) is 5.75 Å². The molecule has 8 nitrogen and oxygen atoms in total. The summed E-state index contributed by atoms with van der Waals surface area (Å²) in [5, 5.41) is 12.9. The summed E-state index contributed by atoms with van der Waals surface area (Å²) in [5.74, 6) is -0.107. The van der Waals surface area contributed by atoms with Crippen LogP contribution in [0.4, 0.5) is 20.7 Å². The Balaban J connectivity index is 1.46. The highest BCUT2D eigenvalue weighted by atomic mass is 79.9. The van der Waals surface area contributed by atoms with Crippen LogP contribution in [0.15, 0.2) is 65.1 Å². The Morgan fingerprint density at radius 3 is 2.73 bits per heavy atom. The van der Waals surface area contributed by atoms with Gasteiger partial charge in [-0.3, -0.25) is 10.4 Å². The van der Waals surface area contributed by atoms with Gasteiger partial charge in [0.25, 0.3) is 0 Å². The molecule has 0 fully saturated rings. The van der Waals surface area contributed by atoms with E-state index >= 15 is 0 Å². The number of hydrogen-bond acceptors (Lipinski definition) is 5. The summed E-state index contributed by atoms with van der Waals surface area (Å²) < 4.78 is 25.1. The van der Waals surface area contributed by atoms with E-state index in [4.69, 9.17) is 4.74 Å². The largest absolute Gasteiger partial charge is 0.489 e. The topological polar surface area (TPSA) is 105 Å². The zero-order valence-corrected chi connectivity index (χ0v) is 18.9. The molecule has 1 aromatic heterocycles. The lowest BCUT2D eigenvalue weighted by atomic mass is 10.2. The average molecular weight is 513 g/mol. The number of esters is 1. The normalized spacial score (nSPS) is 10.6. The van der Waals surface area contributed by atoms with Gasteiger partial charge in [-0.25, -0.2) is 14.0 Å². The van der Waals surface area contributed by atoms with E-state index in [1.165, 1.54) is 19.2 Å². The van der Waals surface area contributed by atoms with Crippen LogP contribution in [-0.2, 0) is 11.3 Å². The van der Waals surface area contributed by atoms with E-state index in [2.05, 4.69) is 41.5 Å². The number of rotatable bonds is 6. The van der Waals surface area contributed by atoms with E-state index in [9.17, 15) is 14.0 Å². The van der Waals surface area contributed by atoms with Crippen LogP contribution in [-0.4, -0.2) is 29.3 Å². The molecule has 0 aliphatic rings. The lowest BCUT2D eigenvalue weighted by Crippen LogP contribution is -2.20. The fourth-order valence-electron chi connectivity index (χ4n) is 3.09. The monoisotopic (exact) mass is 512 g/mol. The molecule has 4 aromatic rings. The summed E-state index contributed by atoms with van der Waals surface area (Å²) in [7, 11) is 1.28. The molecule has 168 valence electrons. The molecule has 0 saturated heterocycles. The fourth-order valence-corrected chi connectivity index (χ4v) is 3.42. The van der Waals surface area contributed by atoms with Gasteiger partial charge in [0.1, 0.15) is 18.2 Å². The molecule has 0 aliphatic heterocycles. The average Bonchev–Trinajstić information content (AvgIpc) is 3.20. The first kappa shape index (κ1) is 22.3. The van der Waals surface area contributed by atoms with Crippen LogP contribution in [0.2, 0.25) is 0 Å². The molecule has 3 N–H and O–H groups in total. The molecule has 10 heteroatoms. The van der Waals surface area contributed by atoms with E-state index in [-0.39, 0.29) is 18.2 Å². The Morgan fingerprint density at radius 2 is 1.94 bits per heavy atom. The molecule has 0 aliphatic carbocycles. The van der Waals surface area contributed by atoms with Crippen molar-refractivity contribution in [1.82, 2.24) is 10.2 Å². The second-order valence-electron chi connectivity index (χ2n) is 6.96. The SMILES string of the molecule is COC(=O)c1cccc(NC(=O)Nc2n[nH]c3ccc(OCc4ccc(Br)cc4F)cc23)c1. The molecule has 0 atom stereocenters. The Kier molecular flexibility index (Phi) is 6.55. The summed E-state index contributed by atoms with van der Waals surface area (Å²) in [6, 6.07) is 15.7. The van der Waals surface area contributed by atoms with Crippen molar-refractivity contribution < 1.29 is 23.5 Å². The minimum atomic E-state index is -0.548. The maximum Gasteiger partial charge on any atom is 0.337 e. The minimum Gasteiger partial charge on any atom is -0.489 e. The molecular formula is C23H18BrFN4O4. The Morgan fingerprint density at radius 1 is 1.09 bits per heavy atom. The maximum atomic E-state index is 14.0. The zero-order valence-electron chi connectivity index (χ0n) is 17.3. The summed E-state index contributed by atoms with van der Waals surface area (Å²) in [4.78, 5) is 24.1. The third-order valence-electron chi connectivity index (χ3n) is 4.72. The number of carbonyl (C=O) groups is 2. The quantitative estimate of drug-likeness (QED) is 0.297. The van der Waals surface area contributed by atoms with Crippen LogP contribution < -0.4 is 15.4 Å². The Hall–Kier alpha value is -3.92. The Bertz CT molecular complexity index is 1340. The summed E-state index contributed by atoms with van der Waals surface area (Å²) in [6.45, 7) is 0.0439. The number of hydrogen-bond donors (Lipinski definition) is 3. The number of benzene rings is 3. The van der Waals surface area contributed by atoms with Gasteiger partial charge in [-0.15, -0.1) is 0 Å². The number of anilines is 2. The van der Waals surface area contributed by atoms with E-state index in [1.54, 1.807) is 48.5 Å². The number of amides is 2. The second kappa shape index (κ2) is 9.70. The smallest absolute Gasteiger partial charge is 0.337 e. The van der Waals surface area contributed by atoms with Crippen molar-refractivity contribution in [3.63, 3.8) is 0 Å². The van der Waals surface area contributed by atoms with Gasteiger partial charge in [0.2, 0.25) is 0 Å². The van der Waals surface area contributed by atoms with Crippen molar-refractivity contribution in [2.75, 3.05) is 17.7 Å². The first-order valence-electron chi connectivity index (χ1n) is 9.74. The molecule has 2 amide bonds. The lowest BCUT2D eigenvalue weighted by Gasteiger charge is -2.09. The highest BCUT2D eigenvalue weighted by molar-refractivity contribution is 9.10. The van der Waals surface area contributed by atoms with Gasteiger partial charge in [0.15, 0.2) is 5.82 Å². The van der Waals surface area contributed by atoms with Crippen LogP contribution in [0.3, 0.4) is 0 Å². The number of aromatic nitrogens is 2. The summed E-state index contributed by atoms with van der Waals surface area (Å²) >= 11 is 3.22. The van der Waals surface area contributed by atoms with Crippen LogP contribution in [0, 0.1) is 5.82 Å². The Labute approximate surface area is 196 Å². The van der Waals surface area contributed by atoms with Gasteiger partial charge >= 0.3 is 12.0 Å². The number of fused-ring (bicyclic) bond motifs is 1. The molecule has 0 saturated carbocycles. The number of ether oxygens (including phenoxy) is 2. The van der Waals surface area contributed by atoms with Crippen molar-refractivity contribution in [2.24, 2.45) is 0 Å². The number of nitrogens with one attached hydrogen (secondary N) is 3. The third kappa shape index (κ3) is 5.29. The molecule has 33 heavy (non-hydrogen) atoms. The van der Waals surface area contributed by atoms with Gasteiger partial charge in [0.05, 0.1) is 18.2 Å². The molecule has 0 unspecified atom stereocenters. The van der Waals surface area contributed by atoms with Crippen LogP contribution in [0.1, 0.15) is 15.9 Å². The van der Waals surface area contributed by atoms with Gasteiger partial charge in [-0.1, -0.05) is 28.1 Å². The number of halogens is 2. The van der Waals surface area contributed by atoms with Gasteiger partial charge in [-0.05, 0) is 48.5 Å². The summed E-state index contributed by atoms with van der Waals surface area (Å²) in [5.41, 5.74) is 1.82. The van der Waals surface area contributed by atoms with E-state index in [1.807, 2.05) is 0 Å². The molecule has 4 rings (SSSR count). The molecule has 0 radical (unpaired) electrons. The highest BCUT2D eigenvalue weighted by Gasteiger charge is 2.13. The maximum absolute atomic E-state index is 14.0. The molecular weight excluding hydrogens is 495 g/mol. The van der Waals surface area contributed by atoms with Crippen molar-refractivity contribution in [1.29, 1.82) is 0 Å². The van der Waals surface area contributed by atoms with Crippen molar-refractivity contribution in [3.05, 3.63) is 82.1 Å². The second-order valence-corrected chi connectivity index (χ2v) is 7.87. The first-order chi connectivity index (χ1) is 15.9. The minimum absolute atomic E-state index is 0.0439. The summed E-state index contributed by atoms with van der Waals surface area (Å²) in [6.07, 6.45) is 0. The number of methoxy groups -OCH3 is 1. The molecule has 0 spiro atoms. The van der Waals surface area contributed by atoms with Gasteiger partial charge < -0.3 is 14.8 Å². The number of nitrogens with zero attached hydrogens (tertiary/aromatic N) is 1.